The Morgan fingerprint density at radius 1 is 1.07 bits per heavy atom. The van der Waals surface area contributed by atoms with Gasteiger partial charge in [0.15, 0.2) is 0 Å². The van der Waals surface area contributed by atoms with Crippen LogP contribution in [0.3, 0.4) is 0 Å². The zero-order valence-corrected chi connectivity index (χ0v) is 16.2. The molecule has 0 saturated carbocycles. The molecule has 1 fully saturated rings. The number of nitrogens with zero attached hydrogens (tertiary/aromatic N) is 1. The van der Waals surface area contributed by atoms with E-state index in [1.54, 1.807) is 0 Å². The Morgan fingerprint density at radius 3 is 2.63 bits per heavy atom. The number of benzene rings is 2. The van der Waals surface area contributed by atoms with Crippen molar-refractivity contribution in [3.8, 4) is 0 Å². The van der Waals surface area contributed by atoms with Crippen molar-refractivity contribution in [1.29, 1.82) is 0 Å². The van der Waals surface area contributed by atoms with E-state index >= 15 is 0 Å². The molecule has 4 rings (SSSR count). The number of rotatable bonds is 5. The summed E-state index contributed by atoms with van der Waals surface area (Å²) in [6.07, 6.45) is 6.52. The van der Waals surface area contributed by atoms with Crippen molar-refractivity contribution in [2.75, 3.05) is 13.1 Å². The molecular weight excluding hydrogens is 356 g/mol. The standard InChI is InChI=1S/C23H25ClN2O/c24-21-9-3-1-7-19(21)17-12-14-26(15-13-17)23(27)11-5-6-18-16-25-22-10-4-2-8-20(18)22/h1-4,7-10,16-17,25H,5-6,11-15H2. The molecule has 3 aromatic rings. The number of carbonyl (C=O) groups excluding carboxylic acids is 1. The second kappa shape index (κ2) is 8.18. The largest absolute Gasteiger partial charge is 0.361 e. The molecule has 1 amide bonds. The highest BCUT2D eigenvalue weighted by molar-refractivity contribution is 6.31. The molecule has 27 heavy (non-hydrogen) atoms. The molecule has 3 nitrogen and oxygen atoms in total. The summed E-state index contributed by atoms with van der Waals surface area (Å²) in [7, 11) is 0. The summed E-state index contributed by atoms with van der Waals surface area (Å²) in [5.41, 5.74) is 3.70. The van der Waals surface area contributed by atoms with E-state index in [9.17, 15) is 4.79 Å². The van der Waals surface area contributed by atoms with Crippen LogP contribution in [0.15, 0.2) is 54.7 Å². The minimum absolute atomic E-state index is 0.285. The van der Waals surface area contributed by atoms with Crippen molar-refractivity contribution >= 4 is 28.4 Å². The summed E-state index contributed by atoms with van der Waals surface area (Å²) in [5.74, 6) is 0.751. The van der Waals surface area contributed by atoms with Gasteiger partial charge in [-0.1, -0.05) is 48.0 Å². The molecule has 1 aliphatic heterocycles. The Hall–Kier alpha value is -2.26. The molecule has 0 bridgehead atoms. The zero-order valence-electron chi connectivity index (χ0n) is 15.5. The predicted octanol–water partition coefficient (Wildman–Crippen LogP) is 5.55. The van der Waals surface area contributed by atoms with E-state index in [1.165, 1.54) is 22.0 Å². The quantitative estimate of drug-likeness (QED) is 0.618. The maximum Gasteiger partial charge on any atom is 0.222 e. The lowest BCUT2D eigenvalue weighted by molar-refractivity contribution is -0.132. The zero-order chi connectivity index (χ0) is 18.6. The van der Waals surface area contributed by atoms with Crippen molar-refractivity contribution in [3.05, 3.63) is 70.9 Å². The first-order valence-corrected chi connectivity index (χ1v) is 10.2. The normalized spacial score (nSPS) is 15.4. The molecule has 4 heteroatoms. The van der Waals surface area contributed by atoms with Crippen molar-refractivity contribution in [2.24, 2.45) is 0 Å². The molecule has 1 aromatic heterocycles. The fraction of sp³-hybridized carbons (Fsp3) is 0.348. The van der Waals surface area contributed by atoms with E-state index in [-0.39, 0.29) is 5.91 Å². The first-order valence-electron chi connectivity index (χ1n) is 9.79. The number of aryl methyl sites for hydroxylation is 1. The van der Waals surface area contributed by atoms with Crippen molar-refractivity contribution in [2.45, 2.75) is 38.0 Å². The second-order valence-corrected chi connectivity index (χ2v) is 7.80. The molecule has 1 N–H and O–H groups in total. The number of aromatic nitrogens is 1. The number of H-pyrrole nitrogens is 1. The van der Waals surface area contributed by atoms with Crippen LogP contribution in [0, 0.1) is 0 Å². The minimum atomic E-state index is 0.285. The summed E-state index contributed by atoms with van der Waals surface area (Å²) in [5, 5.41) is 2.12. The van der Waals surface area contributed by atoms with Gasteiger partial charge in [-0.3, -0.25) is 4.79 Å². The number of nitrogens with one attached hydrogen (secondary N) is 1. The van der Waals surface area contributed by atoms with E-state index in [4.69, 9.17) is 11.6 Å². The number of amides is 1. The van der Waals surface area contributed by atoms with E-state index < -0.39 is 0 Å². The van der Waals surface area contributed by atoms with Crippen LogP contribution in [0.2, 0.25) is 5.02 Å². The van der Waals surface area contributed by atoms with Gasteiger partial charge < -0.3 is 9.88 Å². The SMILES string of the molecule is O=C(CCCc1c[nH]c2ccccc12)N1CCC(c2ccccc2Cl)CC1. The molecular formula is C23H25ClN2O. The van der Waals surface area contributed by atoms with Crippen LogP contribution in [0.25, 0.3) is 10.9 Å². The van der Waals surface area contributed by atoms with E-state index in [0.717, 1.165) is 43.8 Å². The molecule has 1 aliphatic rings. The van der Waals surface area contributed by atoms with Crippen LogP contribution in [0.5, 0.6) is 0 Å². The number of piperidine rings is 1. The minimum Gasteiger partial charge on any atom is -0.361 e. The summed E-state index contributed by atoms with van der Waals surface area (Å²) >= 11 is 6.33. The molecule has 1 saturated heterocycles. The third-order valence-corrected chi connectivity index (χ3v) is 6.05. The number of halogens is 1. The highest BCUT2D eigenvalue weighted by Gasteiger charge is 2.24. The van der Waals surface area contributed by atoms with Gasteiger partial charge >= 0.3 is 0 Å². The number of likely N-dealkylation sites (tertiary alicyclic amines) is 1. The third-order valence-electron chi connectivity index (χ3n) is 5.70. The van der Waals surface area contributed by atoms with Gasteiger partial charge in [-0.05, 0) is 54.9 Å². The fourth-order valence-corrected chi connectivity index (χ4v) is 4.46. The average molecular weight is 381 g/mol. The first-order chi connectivity index (χ1) is 13.2. The number of aromatic amines is 1. The van der Waals surface area contributed by atoms with E-state index in [0.29, 0.717) is 12.3 Å². The van der Waals surface area contributed by atoms with Crippen molar-refractivity contribution in [1.82, 2.24) is 9.88 Å². The molecule has 0 atom stereocenters. The predicted molar refractivity (Wildman–Crippen MR) is 111 cm³/mol. The Morgan fingerprint density at radius 2 is 1.81 bits per heavy atom. The Bertz CT molecular complexity index is 925. The van der Waals surface area contributed by atoms with Gasteiger partial charge in [0.05, 0.1) is 0 Å². The van der Waals surface area contributed by atoms with Gasteiger partial charge in [-0.15, -0.1) is 0 Å². The van der Waals surface area contributed by atoms with Crippen molar-refractivity contribution in [3.63, 3.8) is 0 Å². The molecule has 0 spiro atoms. The van der Waals surface area contributed by atoms with Gasteiger partial charge in [0.25, 0.3) is 0 Å². The Labute approximate surface area is 165 Å². The molecule has 0 radical (unpaired) electrons. The van der Waals surface area contributed by atoms with Gasteiger partial charge in [-0.2, -0.15) is 0 Å². The van der Waals surface area contributed by atoms with Gasteiger partial charge in [0.2, 0.25) is 5.91 Å². The third kappa shape index (κ3) is 4.03. The number of para-hydroxylation sites is 1. The molecule has 140 valence electrons. The van der Waals surface area contributed by atoms with Crippen LogP contribution in [0.4, 0.5) is 0 Å². The van der Waals surface area contributed by atoms with Crippen LogP contribution < -0.4 is 0 Å². The van der Waals surface area contributed by atoms with Gasteiger partial charge in [0.1, 0.15) is 0 Å². The molecule has 0 aliphatic carbocycles. The maximum absolute atomic E-state index is 12.6. The number of fused-ring (bicyclic) bond motifs is 1. The summed E-state index contributed by atoms with van der Waals surface area (Å²) in [6.45, 7) is 1.67. The van der Waals surface area contributed by atoms with E-state index in [1.807, 2.05) is 29.2 Å². The summed E-state index contributed by atoms with van der Waals surface area (Å²) < 4.78 is 0. The molecule has 2 heterocycles. The average Bonchev–Trinajstić information content (AvgIpc) is 3.12. The Kier molecular flexibility index (Phi) is 5.49. The molecule has 0 unspecified atom stereocenters. The van der Waals surface area contributed by atoms with Gasteiger partial charge in [-0.25, -0.2) is 0 Å². The maximum atomic E-state index is 12.6. The summed E-state index contributed by atoms with van der Waals surface area (Å²) in [6, 6.07) is 16.4. The molecule has 2 aromatic carbocycles. The van der Waals surface area contributed by atoms with E-state index in [2.05, 4.69) is 35.4 Å². The number of hydrogen-bond acceptors (Lipinski definition) is 1. The van der Waals surface area contributed by atoms with Gasteiger partial charge in [0, 0.05) is 41.6 Å². The second-order valence-electron chi connectivity index (χ2n) is 7.39. The lowest BCUT2D eigenvalue weighted by Gasteiger charge is -2.32. The van der Waals surface area contributed by atoms with Crippen molar-refractivity contribution < 1.29 is 4.79 Å². The topological polar surface area (TPSA) is 36.1 Å². The fourth-order valence-electron chi connectivity index (χ4n) is 4.17. The number of carbonyl (C=O) groups is 1. The summed E-state index contributed by atoms with van der Waals surface area (Å²) in [4.78, 5) is 17.9. The van der Waals surface area contributed by atoms with Crippen LogP contribution >= 0.6 is 11.6 Å². The Balaban J connectivity index is 1.27. The van der Waals surface area contributed by atoms with Crippen LogP contribution in [-0.4, -0.2) is 28.9 Å². The first kappa shape index (κ1) is 18.1. The van der Waals surface area contributed by atoms with Crippen LogP contribution in [-0.2, 0) is 11.2 Å². The smallest absolute Gasteiger partial charge is 0.222 e. The lowest BCUT2D eigenvalue weighted by Crippen LogP contribution is -2.37. The number of hydrogen-bond donors (Lipinski definition) is 1. The highest BCUT2D eigenvalue weighted by atomic mass is 35.5. The highest BCUT2D eigenvalue weighted by Crippen LogP contribution is 2.32. The van der Waals surface area contributed by atoms with Crippen LogP contribution in [0.1, 0.15) is 42.7 Å². The monoisotopic (exact) mass is 380 g/mol. The lowest BCUT2D eigenvalue weighted by atomic mass is 9.89.